The van der Waals surface area contributed by atoms with Gasteiger partial charge in [-0.2, -0.15) is 14.0 Å². The van der Waals surface area contributed by atoms with Gasteiger partial charge in [-0.15, -0.1) is 0 Å². The van der Waals surface area contributed by atoms with Crippen molar-refractivity contribution >= 4 is 11.2 Å². The van der Waals surface area contributed by atoms with Crippen LogP contribution >= 0.6 is 11.2 Å². The molecule has 0 saturated carbocycles. The summed E-state index contributed by atoms with van der Waals surface area (Å²) >= 11 is -1.30. The Labute approximate surface area is 114 Å². The van der Waals surface area contributed by atoms with Gasteiger partial charge in [-0.3, -0.25) is 0 Å². The highest BCUT2D eigenvalue weighted by Gasteiger charge is 2.38. The molecule has 0 amide bonds. The van der Waals surface area contributed by atoms with Gasteiger partial charge < -0.3 is 4.74 Å². The number of halogens is 1. The summed E-state index contributed by atoms with van der Waals surface area (Å²) in [5, 5.41) is 0. The number of hydrogen-bond donors (Lipinski definition) is 0. The van der Waals surface area contributed by atoms with Crippen molar-refractivity contribution in [3.05, 3.63) is 48.5 Å². The van der Waals surface area contributed by atoms with Gasteiger partial charge in [0.15, 0.2) is 11.2 Å². The first kappa shape index (κ1) is 12.7. The minimum Gasteiger partial charge on any atom is -0.455 e. The summed E-state index contributed by atoms with van der Waals surface area (Å²) in [7, 11) is -4.52. The van der Waals surface area contributed by atoms with E-state index in [0.717, 1.165) is 0 Å². The molecule has 2 aromatic rings. The Morgan fingerprint density at radius 3 is 1.79 bits per heavy atom. The van der Waals surface area contributed by atoms with Gasteiger partial charge in [0.05, 0.1) is 20.0 Å². The molecule has 7 heteroatoms. The lowest BCUT2D eigenvalue weighted by atomic mass is 10.3. The van der Waals surface area contributed by atoms with Crippen LogP contribution in [-0.4, -0.2) is 0 Å². The van der Waals surface area contributed by atoms with Crippen LogP contribution in [0.25, 0.3) is 0 Å². The lowest BCUT2D eigenvalue weighted by Gasteiger charge is -2.25. The summed E-state index contributed by atoms with van der Waals surface area (Å²) in [6.45, 7) is 0. The Hall–Kier alpha value is -1.28. The van der Waals surface area contributed by atoms with Crippen LogP contribution in [0.5, 0.6) is 11.5 Å². The molecular formula is C12H8ClO5S. The van der Waals surface area contributed by atoms with Crippen LogP contribution in [0.3, 0.4) is 0 Å². The summed E-state index contributed by atoms with van der Waals surface area (Å²) in [5.41, 5.74) is 0. The topological polar surface area (TPSA) is 87.6 Å². The van der Waals surface area contributed by atoms with Gasteiger partial charge in [-0.05, 0) is 24.3 Å². The van der Waals surface area contributed by atoms with E-state index in [9.17, 15) is 14.0 Å². The zero-order valence-corrected chi connectivity index (χ0v) is 11.0. The van der Waals surface area contributed by atoms with E-state index in [1.54, 1.807) is 48.5 Å². The molecule has 0 bridgehead atoms. The third kappa shape index (κ3) is 2.55. The van der Waals surface area contributed by atoms with E-state index in [-0.39, 0.29) is 0 Å². The molecule has 1 aliphatic heterocycles. The number of benzene rings is 2. The Morgan fingerprint density at radius 2 is 1.32 bits per heavy atom. The van der Waals surface area contributed by atoms with E-state index in [1.165, 1.54) is 0 Å². The third-order valence-corrected chi connectivity index (χ3v) is 5.05. The van der Waals surface area contributed by atoms with Crippen LogP contribution in [0, 0.1) is 10.2 Å². The van der Waals surface area contributed by atoms with Crippen LogP contribution in [-0.2, 0) is 3.74 Å². The molecule has 1 heterocycles. The first-order chi connectivity index (χ1) is 9.04. The van der Waals surface area contributed by atoms with Gasteiger partial charge in [0.25, 0.3) is 0 Å². The number of fused-ring (bicyclic) bond motifs is 2. The maximum atomic E-state index is 10.9. The third-order valence-electron chi connectivity index (χ3n) is 2.46. The average molecular weight is 300 g/mol. The number of rotatable bonds is 2. The molecular weight excluding hydrogens is 292 g/mol. The first-order valence-corrected chi connectivity index (χ1v) is 7.64. The Morgan fingerprint density at radius 1 is 0.842 bits per heavy atom. The molecule has 19 heavy (non-hydrogen) atoms. The van der Waals surface area contributed by atoms with Crippen molar-refractivity contribution in [3.63, 3.8) is 0 Å². The van der Waals surface area contributed by atoms with Crippen LogP contribution in [0.15, 0.2) is 58.3 Å². The SMILES string of the molecule is [O-][Cl+3]([O-])([O-])O[S]1c2ccccc2Oc2ccccc21. The number of hydrogen-bond acceptors (Lipinski definition) is 5. The Balaban J connectivity index is 2.11. The molecule has 0 saturated heterocycles. The maximum absolute atomic E-state index is 10.9. The monoisotopic (exact) mass is 299 g/mol. The summed E-state index contributed by atoms with van der Waals surface area (Å²) < 4.78 is 43.0. The second-order valence-corrected chi connectivity index (χ2v) is 6.38. The second kappa shape index (κ2) is 4.68. The molecule has 0 aliphatic carbocycles. The van der Waals surface area contributed by atoms with E-state index >= 15 is 0 Å². The summed E-state index contributed by atoms with van der Waals surface area (Å²) in [5.74, 6) is 0.978. The molecule has 0 N–H and O–H groups in total. The van der Waals surface area contributed by atoms with Gasteiger partial charge in [-0.1, -0.05) is 24.3 Å². The average Bonchev–Trinajstić information content (AvgIpc) is 2.37. The first-order valence-electron chi connectivity index (χ1n) is 5.26. The van der Waals surface area contributed by atoms with Crippen molar-refractivity contribution in [3.8, 4) is 11.5 Å². The molecule has 99 valence electrons. The summed E-state index contributed by atoms with van der Waals surface area (Å²) in [4.78, 5) is 1.07. The Bertz CT molecular complexity index is 568. The zero-order valence-electron chi connectivity index (χ0n) is 9.45. The van der Waals surface area contributed by atoms with Crippen molar-refractivity contribution < 1.29 is 32.7 Å². The highest BCUT2D eigenvalue weighted by atomic mass is 35.7. The van der Waals surface area contributed by atoms with Crippen molar-refractivity contribution in [1.82, 2.24) is 0 Å². The van der Waals surface area contributed by atoms with Gasteiger partial charge in [-0.25, -0.2) is 0 Å². The molecule has 1 radical (unpaired) electrons. The number of para-hydroxylation sites is 2. The van der Waals surface area contributed by atoms with Gasteiger partial charge in [0.2, 0.25) is 0 Å². The van der Waals surface area contributed by atoms with E-state index in [0.29, 0.717) is 21.3 Å². The van der Waals surface area contributed by atoms with Crippen molar-refractivity contribution in [1.29, 1.82) is 0 Å². The van der Waals surface area contributed by atoms with E-state index in [4.69, 9.17) is 4.74 Å². The zero-order chi connectivity index (χ0) is 13.5. The lowest BCUT2D eigenvalue weighted by Crippen LogP contribution is -2.60. The van der Waals surface area contributed by atoms with Gasteiger partial charge in [0.1, 0.15) is 15.2 Å². The van der Waals surface area contributed by atoms with Crippen molar-refractivity contribution in [2.45, 2.75) is 9.79 Å². The summed E-state index contributed by atoms with van der Waals surface area (Å²) in [6.07, 6.45) is 0. The molecule has 0 unspecified atom stereocenters. The minimum atomic E-state index is -4.52. The molecule has 5 nitrogen and oxygen atoms in total. The fourth-order valence-electron chi connectivity index (χ4n) is 1.76. The highest BCUT2D eigenvalue weighted by Crippen LogP contribution is 2.58. The maximum Gasteiger partial charge on any atom is 0.154 e. The fraction of sp³-hybridized carbons (Fsp3) is 0. The predicted molar refractivity (Wildman–Crippen MR) is 58.2 cm³/mol. The lowest BCUT2D eigenvalue weighted by molar-refractivity contribution is -1.91. The second-order valence-electron chi connectivity index (χ2n) is 3.71. The van der Waals surface area contributed by atoms with Crippen molar-refractivity contribution in [2.24, 2.45) is 0 Å². The van der Waals surface area contributed by atoms with E-state index < -0.39 is 21.4 Å². The number of ether oxygens (including phenoxy) is 1. The minimum absolute atomic E-state index is 0.489. The molecule has 2 aromatic carbocycles. The van der Waals surface area contributed by atoms with E-state index in [2.05, 4.69) is 3.74 Å². The molecule has 0 atom stereocenters. The summed E-state index contributed by atoms with van der Waals surface area (Å²) in [6, 6.07) is 13.7. The largest absolute Gasteiger partial charge is 0.455 e. The smallest absolute Gasteiger partial charge is 0.154 e. The molecule has 0 aromatic heterocycles. The molecule has 3 rings (SSSR count). The van der Waals surface area contributed by atoms with Crippen LogP contribution < -0.4 is 18.7 Å². The Kier molecular flexibility index (Phi) is 3.14. The van der Waals surface area contributed by atoms with Gasteiger partial charge >= 0.3 is 0 Å². The fourth-order valence-corrected chi connectivity index (χ4v) is 4.14. The molecule has 1 aliphatic rings. The van der Waals surface area contributed by atoms with Crippen LogP contribution in [0.1, 0.15) is 0 Å². The quantitative estimate of drug-likeness (QED) is 0.796. The normalized spacial score (nSPS) is 14.5. The van der Waals surface area contributed by atoms with Crippen molar-refractivity contribution in [2.75, 3.05) is 0 Å². The predicted octanol–water partition coefficient (Wildman–Crippen LogP) is 0.308. The molecule has 0 spiro atoms. The van der Waals surface area contributed by atoms with E-state index in [1.807, 2.05) is 0 Å². The standard InChI is InChI=1S/C12H8ClO5S/c14-13(15,16)18-19-11-7-3-1-5-9(11)17-10-6-2-4-8-12(10)19/h1-8H. The van der Waals surface area contributed by atoms with Crippen LogP contribution in [0.2, 0.25) is 0 Å². The highest BCUT2D eigenvalue weighted by molar-refractivity contribution is 8.13. The molecule has 0 fully saturated rings. The van der Waals surface area contributed by atoms with Crippen LogP contribution in [0.4, 0.5) is 0 Å². The van der Waals surface area contributed by atoms with Gasteiger partial charge in [0, 0.05) is 0 Å².